The molecule has 6 heteroatoms. The minimum Gasteiger partial charge on any atom is -0.355 e. The molecule has 1 aromatic rings. The second-order valence-electron chi connectivity index (χ2n) is 6.57. The Bertz CT molecular complexity index is 482. The van der Waals surface area contributed by atoms with Crippen LogP contribution in [0.5, 0.6) is 0 Å². The summed E-state index contributed by atoms with van der Waals surface area (Å²) >= 11 is 1.76. The van der Waals surface area contributed by atoms with E-state index < -0.39 is 0 Å². The standard InChI is InChI=1S/C17H27N3OS.ClH/c21-17(14-6-9-18-10-7-14)19-11-8-16-20-15(12-22-16)13-4-2-1-3-5-13;/h12-14,18H,1-11H2,(H,19,21);1H. The number of nitrogens with one attached hydrogen (secondary N) is 2. The monoisotopic (exact) mass is 357 g/mol. The highest BCUT2D eigenvalue weighted by Crippen LogP contribution is 2.33. The van der Waals surface area contributed by atoms with Crippen LogP contribution < -0.4 is 10.6 Å². The molecule has 1 amide bonds. The molecule has 130 valence electrons. The first-order valence-electron chi connectivity index (χ1n) is 8.75. The maximum atomic E-state index is 12.1. The number of hydrogen-bond acceptors (Lipinski definition) is 4. The average molecular weight is 358 g/mol. The summed E-state index contributed by atoms with van der Waals surface area (Å²) in [6.45, 7) is 2.66. The molecule has 0 spiro atoms. The van der Waals surface area contributed by atoms with Crippen LogP contribution in [0.25, 0.3) is 0 Å². The molecule has 3 rings (SSSR count). The third kappa shape index (κ3) is 5.44. The Morgan fingerprint density at radius 3 is 2.70 bits per heavy atom. The van der Waals surface area contributed by atoms with Crippen LogP contribution in [0.15, 0.2) is 5.38 Å². The number of halogens is 1. The van der Waals surface area contributed by atoms with E-state index in [9.17, 15) is 4.79 Å². The fraction of sp³-hybridized carbons (Fsp3) is 0.765. The quantitative estimate of drug-likeness (QED) is 0.850. The van der Waals surface area contributed by atoms with E-state index in [2.05, 4.69) is 16.0 Å². The Morgan fingerprint density at radius 1 is 1.22 bits per heavy atom. The summed E-state index contributed by atoms with van der Waals surface area (Å²) in [4.78, 5) is 16.9. The molecule has 1 aliphatic heterocycles. The molecule has 2 fully saturated rings. The van der Waals surface area contributed by atoms with Gasteiger partial charge in [-0.2, -0.15) is 0 Å². The lowest BCUT2D eigenvalue weighted by Gasteiger charge is -2.21. The Morgan fingerprint density at radius 2 is 1.96 bits per heavy atom. The van der Waals surface area contributed by atoms with Gasteiger partial charge in [0.1, 0.15) is 0 Å². The number of thiazole rings is 1. The average Bonchev–Trinajstić information content (AvgIpc) is 3.05. The lowest BCUT2D eigenvalue weighted by molar-refractivity contribution is -0.125. The number of rotatable bonds is 5. The number of amides is 1. The van der Waals surface area contributed by atoms with Gasteiger partial charge in [0.15, 0.2) is 0 Å². The summed E-state index contributed by atoms with van der Waals surface area (Å²) in [5, 5.41) is 9.80. The normalized spacial score (nSPS) is 20.0. The molecule has 2 aliphatic rings. The zero-order valence-electron chi connectivity index (χ0n) is 13.7. The number of piperidine rings is 1. The molecular weight excluding hydrogens is 330 g/mol. The largest absolute Gasteiger partial charge is 0.355 e. The second-order valence-corrected chi connectivity index (χ2v) is 7.51. The molecule has 0 unspecified atom stereocenters. The Kier molecular flexibility index (Phi) is 7.80. The van der Waals surface area contributed by atoms with Crippen molar-refractivity contribution in [2.24, 2.45) is 5.92 Å². The molecule has 2 N–H and O–H groups in total. The molecule has 23 heavy (non-hydrogen) atoms. The lowest BCUT2D eigenvalue weighted by atomic mass is 9.87. The smallest absolute Gasteiger partial charge is 0.223 e. The van der Waals surface area contributed by atoms with E-state index in [-0.39, 0.29) is 24.2 Å². The number of hydrogen-bond donors (Lipinski definition) is 2. The fourth-order valence-corrected chi connectivity index (χ4v) is 4.43. The van der Waals surface area contributed by atoms with Gasteiger partial charge in [-0.25, -0.2) is 4.98 Å². The van der Waals surface area contributed by atoms with Crippen molar-refractivity contribution < 1.29 is 4.79 Å². The van der Waals surface area contributed by atoms with Crippen molar-refractivity contribution in [1.29, 1.82) is 0 Å². The van der Waals surface area contributed by atoms with E-state index in [4.69, 9.17) is 4.98 Å². The van der Waals surface area contributed by atoms with Gasteiger partial charge in [0.25, 0.3) is 0 Å². The van der Waals surface area contributed by atoms with Gasteiger partial charge in [-0.3, -0.25) is 4.79 Å². The van der Waals surface area contributed by atoms with Crippen molar-refractivity contribution in [2.45, 2.75) is 57.3 Å². The van der Waals surface area contributed by atoms with E-state index in [1.807, 2.05) is 0 Å². The highest BCUT2D eigenvalue weighted by molar-refractivity contribution is 7.09. The van der Waals surface area contributed by atoms with Crippen molar-refractivity contribution in [1.82, 2.24) is 15.6 Å². The first-order valence-corrected chi connectivity index (χ1v) is 9.63. The van der Waals surface area contributed by atoms with Crippen LogP contribution in [-0.4, -0.2) is 30.5 Å². The summed E-state index contributed by atoms with van der Waals surface area (Å²) in [5.74, 6) is 1.11. The fourth-order valence-electron chi connectivity index (χ4n) is 3.55. The maximum Gasteiger partial charge on any atom is 0.223 e. The molecule has 0 aromatic carbocycles. The van der Waals surface area contributed by atoms with Crippen LogP contribution in [0.4, 0.5) is 0 Å². The van der Waals surface area contributed by atoms with Gasteiger partial charge in [-0.05, 0) is 38.8 Å². The zero-order valence-corrected chi connectivity index (χ0v) is 15.3. The molecule has 0 bridgehead atoms. The summed E-state index contributed by atoms with van der Waals surface area (Å²) in [5.41, 5.74) is 1.30. The van der Waals surface area contributed by atoms with Crippen LogP contribution in [0, 0.1) is 5.92 Å². The van der Waals surface area contributed by atoms with Crippen LogP contribution in [0.3, 0.4) is 0 Å². The third-order valence-corrected chi connectivity index (χ3v) is 5.87. The predicted molar refractivity (Wildman–Crippen MR) is 97.5 cm³/mol. The summed E-state index contributed by atoms with van der Waals surface area (Å²) in [7, 11) is 0. The number of nitrogens with zero attached hydrogens (tertiary/aromatic N) is 1. The summed E-state index contributed by atoms with van der Waals surface area (Å²) in [6.07, 6.45) is 9.49. The Balaban J connectivity index is 0.00000192. The van der Waals surface area contributed by atoms with E-state index in [1.165, 1.54) is 42.8 Å². The molecule has 0 radical (unpaired) electrons. The molecular formula is C17H28ClN3OS. The summed E-state index contributed by atoms with van der Waals surface area (Å²) in [6, 6.07) is 0. The highest BCUT2D eigenvalue weighted by atomic mass is 35.5. The van der Waals surface area contributed by atoms with E-state index in [0.29, 0.717) is 5.92 Å². The van der Waals surface area contributed by atoms with Crippen LogP contribution in [0.1, 0.15) is 61.6 Å². The molecule has 4 nitrogen and oxygen atoms in total. The van der Waals surface area contributed by atoms with Crippen molar-refractivity contribution >= 4 is 29.7 Å². The van der Waals surface area contributed by atoms with Crippen molar-refractivity contribution in [3.05, 3.63) is 16.1 Å². The van der Waals surface area contributed by atoms with Crippen LogP contribution in [-0.2, 0) is 11.2 Å². The van der Waals surface area contributed by atoms with Gasteiger partial charge in [-0.1, -0.05) is 19.3 Å². The van der Waals surface area contributed by atoms with Gasteiger partial charge in [0, 0.05) is 30.2 Å². The van der Waals surface area contributed by atoms with Crippen molar-refractivity contribution in [3.8, 4) is 0 Å². The van der Waals surface area contributed by atoms with Crippen LogP contribution in [0.2, 0.25) is 0 Å². The molecule has 2 heterocycles. The van der Waals surface area contributed by atoms with E-state index in [1.54, 1.807) is 11.3 Å². The predicted octanol–water partition coefficient (Wildman–Crippen LogP) is 3.27. The minimum atomic E-state index is 0. The number of aromatic nitrogens is 1. The Labute approximate surface area is 149 Å². The maximum absolute atomic E-state index is 12.1. The summed E-state index contributed by atoms with van der Waals surface area (Å²) < 4.78 is 0. The topological polar surface area (TPSA) is 54.0 Å². The Hall–Kier alpha value is -0.650. The van der Waals surface area contributed by atoms with Gasteiger partial charge in [-0.15, -0.1) is 23.7 Å². The second kappa shape index (κ2) is 9.60. The first-order chi connectivity index (χ1) is 10.8. The SMILES string of the molecule is Cl.O=C(NCCc1nc(C2CCCCC2)cs1)C1CCNCC1. The number of carbonyl (C=O) groups excluding carboxylic acids is 1. The van der Waals surface area contributed by atoms with Gasteiger partial charge in [0.2, 0.25) is 5.91 Å². The molecule has 1 aromatic heterocycles. The van der Waals surface area contributed by atoms with Gasteiger partial charge in [0.05, 0.1) is 10.7 Å². The van der Waals surface area contributed by atoms with Crippen LogP contribution >= 0.6 is 23.7 Å². The van der Waals surface area contributed by atoms with Crippen molar-refractivity contribution in [2.75, 3.05) is 19.6 Å². The number of carbonyl (C=O) groups is 1. The lowest BCUT2D eigenvalue weighted by Crippen LogP contribution is -2.38. The molecule has 0 atom stereocenters. The van der Waals surface area contributed by atoms with Crippen molar-refractivity contribution in [3.63, 3.8) is 0 Å². The van der Waals surface area contributed by atoms with Gasteiger partial charge < -0.3 is 10.6 Å². The molecule has 1 saturated carbocycles. The highest BCUT2D eigenvalue weighted by Gasteiger charge is 2.21. The zero-order chi connectivity index (χ0) is 15.2. The molecule has 1 saturated heterocycles. The third-order valence-electron chi connectivity index (χ3n) is 4.94. The van der Waals surface area contributed by atoms with Gasteiger partial charge >= 0.3 is 0 Å². The first kappa shape index (κ1) is 18.7. The molecule has 1 aliphatic carbocycles. The van der Waals surface area contributed by atoms with E-state index >= 15 is 0 Å². The minimum absolute atomic E-state index is 0. The van der Waals surface area contributed by atoms with E-state index in [0.717, 1.165) is 38.9 Å².